The molecule has 21 heavy (non-hydrogen) atoms. The summed E-state index contributed by atoms with van der Waals surface area (Å²) < 4.78 is 6.61. The second kappa shape index (κ2) is 5.62. The molecule has 0 saturated carbocycles. The van der Waals surface area contributed by atoms with Gasteiger partial charge in [0.25, 0.3) is 5.91 Å². The molecule has 6 nitrogen and oxygen atoms in total. The summed E-state index contributed by atoms with van der Waals surface area (Å²) in [5, 5.41) is 6.96. The zero-order valence-corrected chi connectivity index (χ0v) is 11.5. The second-order valence-electron chi connectivity index (χ2n) is 4.46. The first-order valence-electron chi connectivity index (χ1n) is 6.48. The Morgan fingerprint density at radius 3 is 2.76 bits per heavy atom. The highest BCUT2D eigenvalue weighted by molar-refractivity contribution is 5.92. The first-order chi connectivity index (χ1) is 10.3. The molecule has 0 radical (unpaired) electrons. The summed E-state index contributed by atoms with van der Waals surface area (Å²) in [7, 11) is 1.62. The Bertz CT molecular complexity index is 765. The van der Waals surface area contributed by atoms with Gasteiger partial charge in [0.05, 0.1) is 13.3 Å². The molecule has 0 bridgehead atoms. The molecule has 6 heteroatoms. The first-order valence-corrected chi connectivity index (χ1v) is 6.48. The van der Waals surface area contributed by atoms with Crippen LogP contribution in [0, 0.1) is 0 Å². The number of hydrogen-bond donors (Lipinski definition) is 1. The number of ether oxygens (including phenoxy) is 1. The van der Waals surface area contributed by atoms with Crippen molar-refractivity contribution < 1.29 is 9.53 Å². The molecule has 1 aromatic carbocycles. The maximum Gasteiger partial charge on any atom is 0.270 e. The molecule has 0 spiro atoms. The minimum Gasteiger partial charge on any atom is -0.497 e. The van der Waals surface area contributed by atoms with E-state index < -0.39 is 0 Å². The van der Waals surface area contributed by atoms with Crippen LogP contribution in [0.25, 0.3) is 5.65 Å². The van der Waals surface area contributed by atoms with Crippen molar-refractivity contribution in [3.63, 3.8) is 0 Å². The van der Waals surface area contributed by atoms with E-state index in [0.29, 0.717) is 17.9 Å². The van der Waals surface area contributed by atoms with Crippen molar-refractivity contribution in [2.45, 2.75) is 6.54 Å². The molecule has 0 fully saturated rings. The Labute approximate surface area is 121 Å². The Morgan fingerprint density at radius 1 is 1.19 bits per heavy atom. The Balaban J connectivity index is 1.72. The van der Waals surface area contributed by atoms with Crippen molar-refractivity contribution in [1.29, 1.82) is 0 Å². The van der Waals surface area contributed by atoms with Crippen molar-refractivity contribution >= 4 is 11.6 Å². The maximum absolute atomic E-state index is 12.2. The largest absolute Gasteiger partial charge is 0.497 e. The van der Waals surface area contributed by atoms with Gasteiger partial charge < -0.3 is 10.1 Å². The number of amides is 1. The van der Waals surface area contributed by atoms with Gasteiger partial charge in [-0.3, -0.25) is 4.79 Å². The lowest BCUT2D eigenvalue weighted by Crippen LogP contribution is -2.25. The van der Waals surface area contributed by atoms with E-state index in [9.17, 15) is 4.79 Å². The fraction of sp³-hybridized carbons (Fsp3) is 0.133. The van der Waals surface area contributed by atoms with Gasteiger partial charge in [0, 0.05) is 18.8 Å². The maximum atomic E-state index is 12.2. The van der Waals surface area contributed by atoms with Gasteiger partial charge in [0.2, 0.25) is 0 Å². The molecular formula is C15H14N4O2. The molecule has 1 N–H and O–H groups in total. The van der Waals surface area contributed by atoms with Crippen LogP contribution in [0.15, 0.2) is 48.8 Å². The molecule has 106 valence electrons. The fourth-order valence-corrected chi connectivity index (χ4v) is 2.02. The molecule has 0 aliphatic heterocycles. The van der Waals surface area contributed by atoms with E-state index in [0.717, 1.165) is 11.3 Å². The minimum absolute atomic E-state index is 0.193. The average molecular weight is 282 g/mol. The van der Waals surface area contributed by atoms with Crippen LogP contribution in [0.1, 0.15) is 16.1 Å². The number of hydrogen-bond acceptors (Lipinski definition) is 4. The number of rotatable bonds is 4. The molecule has 1 amide bonds. The quantitative estimate of drug-likeness (QED) is 0.790. The molecule has 3 aromatic rings. The number of aromatic nitrogens is 3. The van der Waals surface area contributed by atoms with E-state index in [2.05, 4.69) is 15.4 Å². The van der Waals surface area contributed by atoms with Crippen LogP contribution < -0.4 is 10.1 Å². The molecule has 0 unspecified atom stereocenters. The summed E-state index contributed by atoms with van der Waals surface area (Å²) in [6.45, 7) is 0.438. The highest BCUT2D eigenvalue weighted by atomic mass is 16.5. The molecule has 2 heterocycles. The third-order valence-corrected chi connectivity index (χ3v) is 3.13. The average Bonchev–Trinajstić information content (AvgIpc) is 3.01. The standard InChI is InChI=1S/C15H14N4O2/c1-21-12-4-2-11(3-5-12)10-17-15(20)13-6-8-16-14-7-9-18-19(13)14/h2-9H,10H2,1H3,(H,17,20). The third-order valence-electron chi connectivity index (χ3n) is 3.13. The van der Waals surface area contributed by atoms with Crippen LogP contribution in [0.3, 0.4) is 0 Å². The molecule has 0 aliphatic rings. The Morgan fingerprint density at radius 2 is 2.00 bits per heavy atom. The highest BCUT2D eigenvalue weighted by Gasteiger charge is 2.10. The van der Waals surface area contributed by atoms with Gasteiger partial charge >= 0.3 is 0 Å². The van der Waals surface area contributed by atoms with Crippen LogP contribution in [0.2, 0.25) is 0 Å². The van der Waals surface area contributed by atoms with Crippen LogP contribution in [0.4, 0.5) is 0 Å². The summed E-state index contributed by atoms with van der Waals surface area (Å²) >= 11 is 0. The smallest absolute Gasteiger partial charge is 0.270 e. The van der Waals surface area contributed by atoms with Crippen LogP contribution in [0.5, 0.6) is 5.75 Å². The summed E-state index contributed by atoms with van der Waals surface area (Å²) in [6.07, 6.45) is 3.21. The number of nitrogens with zero attached hydrogens (tertiary/aromatic N) is 3. The number of methoxy groups -OCH3 is 1. The minimum atomic E-state index is -0.193. The normalized spacial score (nSPS) is 10.5. The number of fused-ring (bicyclic) bond motifs is 1. The van der Waals surface area contributed by atoms with Crippen LogP contribution >= 0.6 is 0 Å². The number of benzene rings is 1. The molecule has 3 rings (SSSR count). The summed E-state index contributed by atoms with van der Waals surface area (Å²) in [6, 6.07) is 10.9. The van der Waals surface area contributed by atoms with Gasteiger partial charge in [-0.1, -0.05) is 12.1 Å². The lowest BCUT2D eigenvalue weighted by Gasteiger charge is -2.07. The van der Waals surface area contributed by atoms with Gasteiger partial charge in [-0.25, -0.2) is 9.50 Å². The fourth-order valence-electron chi connectivity index (χ4n) is 2.02. The summed E-state index contributed by atoms with van der Waals surface area (Å²) in [4.78, 5) is 16.4. The van der Waals surface area contributed by atoms with Crippen molar-refractivity contribution in [2.24, 2.45) is 0 Å². The van der Waals surface area contributed by atoms with E-state index in [1.807, 2.05) is 24.3 Å². The van der Waals surface area contributed by atoms with Crippen molar-refractivity contribution in [2.75, 3.05) is 7.11 Å². The summed E-state index contributed by atoms with van der Waals surface area (Å²) in [5.74, 6) is 0.597. The molecule has 0 saturated heterocycles. The molecule has 0 atom stereocenters. The Kier molecular flexibility index (Phi) is 3.51. The zero-order valence-electron chi connectivity index (χ0n) is 11.5. The van der Waals surface area contributed by atoms with E-state index in [1.54, 1.807) is 31.6 Å². The summed E-state index contributed by atoms with van der Waals surface area (Å²) in [5.41, 5.74) is 2.10. The third kappa shape index (κ3) is 2.69. The number of nitrogens with one attached hydrogen (secondary N) is 1. The van der Waals surface area contributed by atoms with Gasteiger partial charge in [-0.2, -0.15) is 5.10 Å². The molecular weight excluding hydrogens is 268 g/mol. The van der Waals surface area contributed by atoms with E-state index in [-0.39, 0.29) is 5.91 Å². The predicted octanol–water partition coefficient (Wildman–Crippen LogP) is 1.67. The lowest BCUT2D eigenvalue weighted by molar-refractivity contribution is 0.0943. The molecule has 2 aromatic heterocycles. The number of carbonyl (C=O) groups is 1. The van der Waals surface area contributed by atoms with Crippen LogP contribution in [-0.2, 0) is 6.54 Å². The van der Waals surface area contributed by atoms with Gasteiger partial charge in [-0.05, 0) is 23.8 Å². The van der Waals surface area contributed by atoms with E-state index in [1.165, 1.54) is 4.52 Å². The monoisotopic (exact) mass is 282 g/mol. The first kappa shape index (κ1) is 13.1. The van der Waals surface area contributed by atoms with E-state index in [4.69, 9.17) is 4.74 Å². The Hall–Kier alpha value is -2.89. The predicted molar refractivity (Wildman–Crippen MR) is 77.2 cm³/mol. The highest BCUT2D eigenvalue weighted by Crippen LogP contribution is 2.11. The zero-order chi connectivity index (χ0) is 14.7. The van der Waals surface area contributed by atoms with Gasteiger partial charge in [0.1, 0.15) is 11.4 Å². The van der Waals surface area contributed by atoms with Crippen molar-refractivity contribution in [1.82, 2.24) is 19.9 Å². The van der Waals surface area contributed by atoms with Crippen molar-refractivity contribution in [3.8, 4) is 5.75 Å². The van der Waals surface area contributed by atoms with E-state index >= 15 is 0 Å². The van der Waals surface area contributed by atoms with Gasteiger partial charge in [-0.15, -0.1) is 0 Å². The van der Waals surface area contributed by atoms with Crippen LogP contribution in [-0.4, -0.2) is 27.6 Å². The molecule has 0 aliphatic carbocycles. The number of carbonyl (C=O) groups excluding carboxylic acids is 1. The van der Waals surface area contributed by atoms with Gasteiger partial charge in [0.15, 0.2) is 5.65 Å². The SMILES string of the molecule is COc1ccc(CNC(=O)c2ccnc3ccnn23)cc1. The second-order valence-corrected chi connectivity index (χ2v) is 4.46. The van der Waals surface area contributed by atoms with Crippen molar-refractivity contribution in [3.05, 3.63) is 60.0 Å². The lowest BCUT2D eigenvalue weighted by atomic mass is 10.2. The topological polar surface area (TPSA) is 68.5 Å².